The number of aromatic nitrogens is 2. The van der Waals surface area contributed by atoms with E-state index >= 15 is 0 Å². The van der Waals surface area contributed by atoms with Gasteiger partial charge in [0, 0.05) is 15.6 Å². The van der Waals surface area contributed by atoms with Crippen LogP contribution in [0.15, 0.2) is 39.2 Å². The summed E-state index contributed by atoms with van der Waals surface area (Å²) in [7, 11) is 0. The van der Waals surface area contributed by atoms with Crippen molar-refractivity contribution in [3.63, 3.8) is 0 Å². The van der Waals surface area contributed by atoms with Crippen LogP contribution in [0.4, 0.5) is 5.95 Å². The monoisotopic (exact) mass is 303 g/mol. The van der Waals surface area contributed by atoms with Crippen LogP contribution in [-0.2, 0) is 0 Å². The molecular weight excluding hydrogens is 294 g/mol. The van der Waals surface area contributed by atoms with Crippen molar-refractivity contribution in [2.45, 2.75) is 6.92 Å². The molecule has 1 aromatic carbocycles. The van der Waals surface area contributed by atoms with Crippen LogP contribution in [0.25, 0.3) is 22.4 Å². The number of fused-ring (bicyclic) bond motifs is 1. The first-order valence-corrected chi connectivity index (χ1v) is 6.22. The predicted octanol–water partition coefficient (Wildman–Crippen LogP) is 3.54. The van der Waals surface area contributed by atoms with E-state index < -0.39 is 0 Å². The third-order valence-electron chi connectivity index (χ3n) is 2.60. The normalized spacial score (nSPS) is 11.0. The minimum absolute atomic E-state index is 0.256. The third kappa shape index (κ3) is 1.97. The van der Waals surface area contributed by atoms with Gasteiger partial charge in [-0.15, -0.1) is 0 Å². The summed E-state index contributed by atoms with van der Waals surface area (Å²) < 4.78 is 6.77. The van der Waals surface area contributed by atoms with Crippen LogP contribution in [0.2, 0.25) is 0 Å². The fraction of sp³-hybridized carbons (Fsp3) is 0.0769. The molecule has 0 unspecified atom stereocenters. The van der Waals surface area contributed by atoms with E-state index in [1.54, 1.807) is 0 Å². The van der Waals surface area contributed by atoms with Gasteiger partial charge in [0.25, 0.3) is 0 Å². The van der Waals surface area contributed by atoms with Crippen molar-refractivity contribution >= 4 is 32.8 Å². The number of furan rings is 1. The summed E-state index contributed by atoms with van der Waals surface area (Å²) in [5, 5.41) is 1.02. The van der Waals surface area contributed by atoms with Gasteiger partial charge in [0.1, 0.15) is 11.3 Å². The first kappa shape index (κ1) is 11.2. The molecule has 3 aromatic rings. The molecule has 18 heavy (non-hydrogen) atoms. The van der Waals surface area contributed by atoms with Gasteiger partial charge < -0.3 is 10.2 Å². The maximum Gasteiger partial charge on any atom is 0.220 e. The van der Waals surface area contributed by atoms with Gasteiger partial charge in [0.05, 0.1) is 0 Å². The average molecular weight is 304 g/mol. The molecule has 0 atom stereocenters. The van der Waals surface area contributed by atoms with Crippen LogP contribution in [0, 0.1) is 6.92 Å². The second kappa shape index (κ2) is 4.10. The largest absolute Gasteiger partial charge is 0.454 e. The molecule has 0 spiro atoms. The van der Waals surface area contributed by atoms with Gasteiger partial charge in [-0.05, 0) is 37.3 Å². The van der Waals surface area contributed by atoms with Crippen molar-refractivity contribution in [2.75, 3.05) is 5.73 Å². The Labute approximate surface area is 112 Å². The minimum atomic E-state index is 0.256. The van der Waals surface area contributed by atoms with Crippen molar-refractivity contribution in [3.8, 4) is 11.5 Å². The Bertz CT molecular complexity index is 716. The Hall–Kier alpha value is -1.88. The van der Waals surface area contributed by atoms with Crippen LogP contribution < -0.4 is 5.73 Å². The molecule has 4 nitrogen and oxygen atoms in total. The second-order valence-corrected chi connectivity index (χ2v) is 4.96. The summed E-state index contributed by atoms with van der Waals surface area (Å²) >= 11 is 3.43. The highest BCUT2D eigenvalue weighted by molar-refractivity contribution is 9.10. The summed E-state index contributed by atoms with van der Waals surface area (Å²) in [6.45, 7) is 1.88. The van der Waals surface area contributed by atoms with Crippen molar-refractivity contribution in [2.24, 2.45) is 0 Å². The van der Waals surface area contributed by atoms with E-state index in [9.17, 15) is 0 Å². The average Bonchev–Trinajstić information content (AvgIpc) is 2.70. The zero-order chi connectivity index (χ0) is 12.7. The van der Waals surface area contributed by atoms with E-state index in [0.29, 0.717) is 11.5 Å². The lowest BCUT2D eigenvalue weighted by Crippen LogP contribution is -1.97. The molecule has 0 aliphatic rings. The molecule has 0 fully saturated rings. The molecule has 0 radical (unpaired) electrons. The number of benzene rings is 1. The van der Waals surface area contributed by atoms with E-state index in [1.807, 2.05) is 37.3 Å². The van der Waals surface area contributed by atoms with Crippen molar-refractivity contribution in [1.82, 2.24) is 9.97 Å². The van der Waals surface area contributed by atoms with Crippen molar-refractivity contribution < 1.29 is 4.42 Å². The summed E-state index contributed by atoms with van der Waals surface area (Å²) in [5.74, 6) is 0.951. The molecule has 0 aliphatic heterocycles. The molecule has 0 aliphatic carbocycles. The Morgan fingerprint density at radius 2 is 2.00 bits per heavy atom. The van der Waals surface area contributed by atoms with Gasteiger partial charge in [-0.25, -0.2) is 9.97 Å². The maximum atomic E-state index is 5.75. The Morgan fingerprint density at radius 3 is 2.78 bits per heavy atom. The smallest absolute Gasteiger partial charge is 0.220 e. The number of anilines is 1. The number of hydrogen-bond donors (Lipinski definition) is 1. The Kier molecular flexibility index (Phi) is 2.56. The van der Waals surface area contributed by atoms with Gasteiger partial charge in [-0.1, -0.05) is 15.9 Å². The molecule has 2 heterocycles. The number of nitrogens with two attached hydrogens (primary N) is 1. The molecule has 0 saturated heterocycles. The molecule has 90 valence electrons. The Balaban J connectivity index is 2.19. The van der Waals surface area contributed by atoms with E-state index in [0.717, 1.165) is 21.1 Å². The molecular formula is C13H10BrN3O. The number of rotatable bonds is 1. The highest BCUT2D eigenvalue weighted by atomic mass is 79.9. The summed E-state index contributed by atoms with van der Waals surface area (Å²) in [5.41, 5.74) is 7.99. The standard InChI is InChI=1S/C13H10BrN3O/c1-7-4-10(17-13(15)16-7)12-6-8-5-9(14)2-3-11(8)18-12/h2-6H,1H3,(H2,15,16,17). The number of nitrogens with zero attached hydrogens (tertiary/aromatic N) is 2. The predicted molar refractivity (Wildman–Crippen MR) is 74.1 cm³/mol. The van der Waals surface area contributed by atoms with Crippen LogP contribution in [-0.4, -0.2) is 9.97 Å². The fourth-order valence-electron chi connectivity index (χ4n) is 1.86. The lowest BCUT2D eigenvalue weighted by Gasteiger charge is -1.99. The van der Waals surface area contributed by atoms with E-state index in [-0.39, 0.29) is 5.95 Å². The van der Waals surface area contributed by atoms with Crippen LogP contribution in [0.5, 0.6) is 0 Å². The quantitative estimate of drug-likeness (QED) is 0.746. The van der Waals surface area contributed by atoms with Crippen molar-refractivity contribution in [3.05, 3.63) is 40.5 Å². The van der Waals surface area contributed by atoms with Crippen molar-refractivity contribution in [1.29, 1.82) is 0 Å². The summed E-state index contributed by atoms with van der Waals surface area (Å²) in [6.07, 6.45) is 0. The van der Waals surface area contributed by atoms with E-state index in [2.05, 4.69) is 25.9 Å². The molecule has 2 N–H and O–H groups in total. The number of nitrogen functional groups attached to an aromatic ring is 1. The molecule has 3 rings (SSSR count). The van der Waals surface area contributed by atoms with Gasteiger partial charge >= 0.3 is 0 Å². The lowest BCUT2D eigenvalue weighted by molar-refractivity contribution is 0.628. The van der Waals surface area contributed by atoms with Gasteiger partial charge in [0.2, 0.25) is 5.95 Å². The van der Waals surface area contributed by atoms with Crippen LogP contribution in [0.3, 0.4) is 0 Å². The fourth-order valence-corrected chi connectivity index (χ4v) is 2.24. The molecule has 2 aromatic heterocycles. The number of hydrogen-bond acceptors (Lipinski definition) is 4. The molecule has 0 amide bonds. The minimum Gasteiger partial charge on any atom is -0.454 e. The van der Waals surface area contributed by atoms with Gasteiger partial charge in [0.15, 0.2) is 5.76 Å². The zero-order valence-corrected chi connectivity index (χ0v) is 11.2. The Morgan fingerprint density at radius 1 is 1.17 bits per heavy atom. The van der Waals surface area contributed by atoms with Crippen LogP contribution >= 0.6 is 15.9 Å². The van der Waals surface area contributed by atoms with Gasteiger partial charge in [-0.3, -0.25) is 0 Å². The summed E-state index contributed by atoms with van der Waals surface area (Å²) in [4.78, 5) is 8.23. The third-order valence-corrected chi connectivity index (χ3v) is 3.10. The topological polar surface area (TPSA) is 64.9 Å². The second-order valence-electron chi connectivity index (χ2n) is 4.05. The highest BCUT2D eigenvalue weighted by Crippen LogP contribution is 2.29. The first-order valence-electron chi connectivity index (χ1n) is 5.42. The summed E-state index contributed by atoms with van der Waals surface area (Å²) in [6, 6.07) is 9.65. The zero-order valence-electron chi connectivity index (χ0n) is 9.64. The van der Waals surface area contributed by atoms with Gasteiger partial charge in [-0.2, -0.15) is 0 Å². The number of halogens is 1. The molecule has 0 saturated carbocycles. The van der Waals surface area contributed by atoms with E-state index in [4.69, 9.17) is 10.2 Å². The SMILES string of the molecule is Cc1cc(-c2cc3cc(Br)ccc3o2)nc(N)n1. The highest BCUT2D eigenvalue weighted by Gasteiger charge is 2.09. The van der Waals surface area contributed by atoms with Crippen LogP contribution in [0.1, 0.15) is 5.69 Å². The first-order chi connectivity index (χ1) is 8.61. The maximum absolute atomic E-state index is 5.75. The lowest BCUT2D eigenvalue weighted by atomic mass is 10.2. The molecule has 0 bridgehead atoms. The molecule has 5 heteroatoms. The van der Waals surface area contributed by atoms with E-state index in [1.165, 1.54) is 0 Å². The number of aryl methyl sites for hydroxylation is 1.